The summed E-state index contributed by atoms with van der Waals surface area (Å²) < 4.78 is 0. The number of unbranched alkanes of at least 4 members (excludes halogenated alkanes) is 1. The summed E-state index contributed by atoms with van der Waals surface area (Å²) in [6, 6.07) is 0.316. The van der Waals surface area contributed by atoms with Crippen LogP contribution in [0.3, 0.4) is 0 Å². The van der Waals surface area contributed by atoms with Crippen LogP contribution in [0.2, 0.25) is 0 Å². The topological polar surface area (TPSA) is 41.1 Å². The quantitative estimate of drug-likeness (QED) is 0.728. The Hall–Kier alpha value is -0.570. The fourth-order valence-corrected chi connectivity index (χ4v) is 2.36. The van der Waals surface area contributed by atoms with Crippen LogP contribution in [0.25, 0.3) is 0 Å². The zero-order valence-electron chi connectivity index (χ0n) is 10.9. The molecule has 0 radical (unpaired) electrons. The summed E-state index contributed by atoms with van der Waals surface area (Å²) in [5.74, 6) is 0.253. The Morgan fingerprint density at radius 1 is 1.50 bits per heavy atom. The van der Waals surface area contributed by atoms with Crippen molar-refractivity contribution in [2.45, 2.75) is 58.9 Å². The van der Waals surface area contributed by atoms with Crippen molar-refractivity contribution in [1.29, 1.82) is 0 Å². The third-order valence-electron chi connectivity index (χ3n) is 3.77. The second-order valence-corrected chi connectivity index (χ2v) is 5.08. The molecule has 0 bridgehead atoms. The number of amides is 1. The summed E-state index contributed by atoms with van der Waals surface area (Å²) in [5, 5.41) is 6.47. The molecule has 0 aliphatic carbocycles. The van der Waals surface area contributed by atoms with Gasteiger partial charge in [0.1, 0.15) is 0 Å². The zero-order chi connectivity index (χ0) is 12.0. The Balaban J connectivity index is 2.43. The number of carbonyl (C=O) groups is 1. The molecule has 16 heavy (non-hydrogen) atoms. The molecule has 1 fully saturated rings. The maximum Gasteiger partial charge on any atom is 0.227 e. The highest BCUT2D eigenvalue weighted by atomic mass is 16.2. The molecular formula is C13H26N2O. The highest BCUT2D eigenvalue weighted by molar-refractivity contribution is 5.83. The molecule has 0 aromatic rings. The van der Waals surface area contributed by atoms with Crippen molar-refractivity contribution in [2.24, 2.45) is 5.41 Å². The first kappa shape index (κ1) is 13.5. The summed E-state index contributed by atoms with van der Waals surface area (Å²) >= 11 is 0. The molecule has 1 rings (SSSR count). The van der Waals surface area contributed by atoms with Gasteiger partial charge in [0.15, 0.2) is 0 Å². The van der Waals surface area contributed by atoms with Crippen LogP contribution < -0.4 is 10.6 Å². The van der Waals surface area contributed by atoms with E-state index in [0.717, 1.165) is 32.4 Å². The summed E-state index contributed by atoms with van der Waals surface area (Å²) in [6.07, 6.45) is 5.40. The van der Waals surface area contributed by atoms with Crippen molar-refractivity contribution in [2.75, 3.05) is 13.1 Å². The van der Waals surface area contributed by atoms with E-state index in [-0.39, 0.29) is 11.3 Å². The molecule has 3 heteroatoms. The lowest BCUT2D eigenvalue weighted by molar-refractivity contribution is -0.131. The normalized spacial score (nSPS) is 26.7. The molecular weight excluding hydrogens is 200 g/mol. The van der Waals surface area contributed by atoms with Gasteiger partial charge in [0, 0.05) is 12.6 Å². The highest BCUT2D eigenvalue weighted by Crippen LogP contribution is 2.29. The van der Waals surface area contributed by atoms with Crippen molar-refractivity contribution in [1.82, 2.24) is 10.6 Å². The first-order valence-electron chi connectivity index (χ1n) is 6.66. The van der Waals surface area contributed by atoms with Gasteiger partial charge in [0.25, 0.3) is 0 Å². The smallest absolute Gasteiger partial charge is 0.227 e. The molecule has 1 amide bonds. The van der Waals surface area contributed by atoms with Crippen molar-refractivity contribution in [3.05, 3.63) is 0 Å². The number of carbonyl (C=O) groups excluding carboxylic acids is 1. The molecule has 1 aliphatic heterocycles. The maximum atomic E-state index is 12.2. The van der Waals surface area contributed by atoms with Gasteiger partial charge in [-0.2, -0.15) is 0 Å². The van der Waals surface area contributed by atoms with E-state index >= 15 is 0 Å². The largest absolute Gasteiger partial charge is 0.353 e. The second-order valence-electron chi connectivity index (χ2n) is 5.08. The molecule has 2 unspecified atom stereocenters. The lowest BCUT2D eigenvalue weighted by atomic mass is 9.83. The monoisotopic (exact) mass is 226 g/mol. The van der Waals surface area contributed by atoms with Crippen LogP contribution in [0.15, 0.2) is 0 Å². The van der Waals surface area contributed by atoms with E-state index in [1.165, 1.54) is 12.8 Å². The van der Waals surface area contributed by atoms with E-state index in [2.05, 4.69) is 31.4 Å². The lowest BCUT2D eigenvalue weighted by Crippen LogP contribution is -2.45. The Kier molecular flexibility index (Phi) is 5.26. The summed E-state index contributed by atoms with van der Waals surface area (Å²) in [5.41, 5.74) is -0.138. The van der Waals surface area contributed by atoms with Crippen molar-refractivity contribution in [3.63, 3.8) is 0 Å². The van der Waals surface area contributed by atoms with Gasteiger partial charge in [0.05, 0.1) is 5.41 Å². The number of hydrogen-bond donors (Lipinski definition) is 2. The van der Waals surface area contributed by atoms with Crippen molar-refractivity contribution in [3.8, 4) is 0 Å². The minimum absolute atomic E-state index is 0.138. The predicted molar refractivity (Wildman–Crippen MR) is 67.3 cm³/mol. The second kappa shape index (κ2) is 6.24. The number of hydrogen-bond acceptors (Lipinski definition) is 2. The van der Waals surface area contributed by atoms with Crippen LogP contribution in [0.5, 0.6) is 0 Å². The standard InChI is InChI=1S/C13H26N2O/c1-4-6-7-11(3)15-12(16)13(5-2)8-9-14-10-13/h11,14H,4-10H2,1-3H3,(H,15,16). The minimum Gasteiger partial charge on any atom is -0.353 e. The predicted octanol–water partition coefficient (Wildman–Crippen LogP) is 2.07. The van der Waals surface area contributed by atoms with E-state index < -0.39 is 0 Å². The number of nitrogens with one attached hydrogen (secondary N) is 2. The molecule has 1 saturated heterocycles. The molecule has 0 aromatic carbocycles. The van der Waals surface area contributed by atoms with Crippen LogP contribution >= 0.6 is 0 Å². The van der Waals surface area contributed by atoms with Crippen molar-refractivity contribution < 1.29 is 4.79 Å². The Morgan fingerprint density at radius 3 is 2.75 bits per heavy atom. The third-order valence-corrected chi connectivity index (χ3v) is 3.77. The Bertz CT molecular complexity index is 222. The van der Waals surface area contributed by atoms with Crippen molar-refractivity contribution >= 4 is 5.91 Å². The van der Waals surface area contributed by atoms with Gasteiger partial charge in [-0.05, 0) is 32.7 Å². The summed E-state index contributed by atoms with van der Waals surface area (Å²) in [7, 11) is 0. The van der Waals surface area contributed by atoms with Gasteiger partial charge >= 0.3 is 0 Å². The molecule has 0 saturated carbocycles. The van der Waals surface area contributed by atoms with Crippen LogP contribution in [0, 0.1) is 5.41 Å². The Labute approximate surface area is 99.4 Å². The van der Waals surface area contributed by atoms with Crippen LogP contribution in [0.4, 0.5) is 0 Å². The Morgan fingerprint density at radius 2 is 2.25 bits per heavy atom. The first-order chi connectivity index (χ1) is 7.64. The fraction of sp³-hybridized carbons (Fsp3) is 0.923. The van der Waals surface area contributed by atoms with E-state index in [4.69, 9.17) is 0 Å². The van der Waals surface area contributed by atoms with Crippen LogP contribution in [0.1, 0.15) is 52.9 Å². The SMILES string of the molecule is CCCCC(C)NC(=O)C1(CC)CCNC1. The minimum atomic E-state index is -0.138. The van der Waals surface area contributed by atoms with E-state index in [0.29, 0.717) is 6.04 Å². The van der Waals surface area contributed by atoms with Crippen LogP contribution in [-0.2, 0) is 4.79 Å². The molecule has 2 atom stereocenters. The fourth-order valence-electron chi connectivity index (χ4n) is 2.36. The molecule has 0 spiro atoms. The van der Waals surface area contributed by atoms with E-state index in [1.54, 1.807) is 0 Å². The molecule has 1 aliphatic rings. The third kappa shape index (κ3) is 3.21. The van der Waals surface area contributed by atoms with Gasteiger partial charge in [-0.15, -0.1) is 0 Å². The van der Waals surface area contributed by atoms with Gasteiger partial charge < -0.3 is 10.6 Å². The first-order valence-corrected chi connectivity index (χ1v) is 6.66. The lowest BCUT2D eigenvalue weighted by Gasteiger charge is -2.27. The molecule has 2 N–H and O–H groups in total. The molecule has 94 valence electrons. The molecule has 0 aromatic heterocycles. The average Bonchev–Trinajstić information content (AvgIpc) is 2.76. The zero-order valence-corrected chi connectivity index (χ0v) is 10.9. The maximum absolute atomic E-state index is 12.2. The van der Waals surface area contributed by atoms with E-state index in [1.807, 2.05) is 0 Å². The number of rotatable bonds is 6. The average molecular weight is 226 g/mol. The molecule has 1 heterocycles. The van der Waals surface area contributed by atoms with Gasteiger partial charge in [-0.25, -0.2) is 0 Å². The highest BCUT2D eigenvalue weighted by Gasteiger charge is 2.39. The van der Waals surface area contributed by atoms with Gasteiger partial charge in [-0.1, -0.05) is 26.7 Å². The van der Waals surface area contributed by atoms with Gasteiger partial charge in [-0.3, -0.25) is 4.79 Å². The summed E-state index contributed by atoms with van der Waals surface area (Å²) in [4.78, 5) is 12.2. The van der Waals surface area contributed by atoms with Crippen LogP contribution in [-0.4, -0.2) is 25.0 Å². The van der Waals surface area contributed by atoms with Gasteiger partial charge in [0.2, 0.25) is 5.91 Å². The summed E-state index contributed by atoms with van der Waals surface area (Å²) in [6.45, 7) is 8.23. The van der Waals surface area contributed by atoms with E-state index in [9.17, 15) is 4.79 Å². The molecule has 3 nitrogen and oxygen atoms in total.